The number of benzene rings is 2. The van der Waals surface area contributed by atoms with Crippen molar-refractivity contribution in [3.63, 3.8) is 0 Å². The van der Waals surface area contributed by atoms with Gasteiger partial charge in [-0.25, -0.2) is 0 Å². The number of rotatable bonds is 6. The topological polar surface area (TPSA) is 77.2 Å². The monoisotopic (exact) mass is 357 g/mol. The molecule has 0 unspecified atom stereocenters. The number of nitrogens with one attached hydrogen (secondary N) is 1. The van der Waals surface area contributed by atoms with E-state index >= 15 is 0 Å². The Balaban J connectivity index is 1.65. The van der Waals surface area contributed by atoms with Gasteiger partial charge in [0.2, 0.25) is 5.91 Å². The summed E-state index contributed by atoms with van der Waals surface area (Å²) in [5, 5.41) is 7.04. The number of carbonyl (C=O) groups is 1. The van der Waals surface area contributed by atoms with Gasteiger partial charge in [0.05, 0.1) is 23.7 Å². The molecule has 1 aromatic heterocycles. The summed E-state index contributed by atoms with van der Waals surface area (Å²) in [6, 6.07) is 14.3. The van der Waals surface area contributed by atoms with E-state index < -0.39 is 0 Å². The predicted molar refractivity (Wildman–Crippen MR) is 94.7 cm³/mol. The zero-order chi connectivity index (χ0) is 17.6. The third kappa shape index (κ3) is 4.36. The van der Waals surface area contributed by atoms with Crippen LogP contribution in [0.15, 0.2) is 53.1 Å². The molecule has 0 aliphatic carbocycles. The van der Waals surface area contributed by atoms with Crippen LogP contribution in [0.4, 0.5) is 5.69 Å². The Kier molecular flexibility index (Phi) is 5.30. The molecule has 0 fully saturated rings. The molecule has 0 bridgehead atoms. The summed E-state index contributed by atoms with van der Waals surface area (Å²) in [5.74, 6) is 1.15. The van der Waals surface area contributed by atoms with E-state index in [2.05, 4.69) is 15.5 Å². The zero-order valence-electron chi connectivity index (χ0n) is 13.5. The van der Waals surface area contributed by atoms with Gasteiger partial charge in [0.1, 0.15) is 5.75 Å². The van der Waals surface area contributed by atoms with Crippen LogP contribution in [-0.2, 0) is 11.2 Å². The molecule has 3 aromatic rings. The van der Waals surface area contributed by atoms with Crippen molar-refractivity contribution in [1.82, 2.24) is 10.1 Å². The zero-order valence-corrected chi connectivity index (χ0v) is 14.3. The summed E-state index contributed by atoms with van der Waals surface area (Å²) >= 11 is 6.02. The summed E-state index contributed by atoms with van der Waals surface area (Å²) in [6.45, 7) is 2.52. The molecule has 0 atom stereocenters. The molecule has 1 N–H and O–H groups in total. The first-order chi connectivity index (χ1) is 12.2. The predicted octanol–water partition coefficient (Wildman–Crippen LogP) is 3.97. The van der Waals surface area contributed by atoms with Gasteiger partial charge < -0.3 is 14.6 Å². The maximum atomic E-state index is 12.1. The summed E-state index contributed by atoms with van der Waals surface area (Å²) in [7, 11) is 0. The number of carbonyl (C=O) groups excluding carboxylic acids is 1. The largest absolute Gasteiger partial charge is 0.494 e. The van der Waals surface area contributed by atoms with Crippen molar-refractivity contribution in [3.05, 3.63) is 59.4 Å². The molecule has 0 spiro atoms. The third-order valence-corrected chi connectivity index (χ3v) is 3.68. The summed E-state index contributed by atoms with van der Waals surface area (Å²) in [4.78, 5) is 16.3. The highest BCUT2D eigenvalue weighted by atomic mass is 35.5. The Hall–Kier alpha value is -2.86. The number of aromatic nitrogens is 2. The van der Waals surface area contributed by atoms with Gasteiger partial charge in [0, 0.05) is 5.56 Å². The van der Waals surface area contributed by atoms with E-state index in [1.807, 2.05) is 31.2 Å². The molecule has 0 saturated heterocycles. The van der Waals surface area contributed by atoms with Gasteiger partial charge >= 0.3 is 0 Å². The maximum absolute atomic E-state index is 12.1. The maximum Gasteiger partial charge on any atom is 0.257 e. The molecule has 128 valence electrons. The quantitative estimate of drug-likeness (QED) is 0.722. The van der Waals surface area contributed by atoms with Crippen molar-refractivity contribution in [2.24, 2.45) is 0 Å². The van der Waals surface area contributed by atoms with Gasteiger partial charge in [-0.05, 0) is 43.3 Å². The Morgan fingerprint density at radius 1 is 1.20 bits per heavy atom. The summed E-state index contributed by atoms with van der Waals surface area (Å²) in [6.07, 6.45) is -0.00818. The van der Waals surface area contributed by atoms with E-state index in [9.17, 15) is 4.79 Å². The highest BCUT2D eigenvalue weighted by Crippen LogP contribution is 2.22. The molecule has 1 amide bonds. The van der Waals surface area contributed by atoms with Gasteiger partial charge in [-0.15, -0.1) is 0 Å². The van der Waals surface area contributed by atoms with Crippen LogP contribution >= 0.6 is 11.6 Å². The molecule has 0 aliphatic rings. The molecule has 0 saturated carbocycles. The van der Waals surface area contributed by atoms with Crippen LogP contribution in [0.5, 0.6) is 5.75 Å². The molecule has 3 rings (SSSR count). The van der Waals surface area contributed by atoms with Gasteiger partial charge in [-0.1, -0.05) is 28.9 Å². The molecule has 0 aliphatic heterocycles. The van der Waals surface area contributed by atoms with Crippen LogP contribution in [0.25, 0.3) is 11.5 Å². The molecule has 6 nitrogen and oxygen atoms in total. The van der Waals surface area contributed by atoms with E-state index in [4.69, 9.17) is 20.9 Å². The van der Waals surface area contributed by atoms with Gasteiger partial charge in [0.25, 0.3) is 5.89 Å². The van der Waals surface area contributed by atoms with E-state index in [1.165, 1.54) is 0 Å². The molecule has 2 aromatic carbocycles. The smallest absolute Gasteiger partial charge is 0.257 e. The molecule has 25 heavy (non-hydrogen) atoms. The van der Waals surface area contributed by atoms with Crippen molar-refractivity contribution in [3.8, 4) is 17.2 Å². The lowest BCUT2D eigenvalue weighted by Gasteiger charge is -2.04. The molecule has 1 heterocycles. The normalized spacial score (nSPS) is 10.5. The Bertz CT molecular complexity index is 862. The Labute approximate surface area is 149 Å². The fraction of sp³-hybridized carbons (Fsp3) is 0.167. The minimum Gasteiger partial charge on any atom is -0.494 e. The molecule has 7 heteroatoms. The Morgan fingerprint density at radius 2 is 1.96 bits per heavy atom. The lowest BCUT2D eigenvalue weighted by atomic mass is 10.2. The van der Waals surface area contributed by atoms with Gasteiger partial charge in [-0.2, -0.15) is 4.98 Å². The highest BCUT2D eigenvalue weighted by Gasteiger charge is 2.13. The average molecular weight is 358 g/mol. The second-order valence-corrected chi connectivity index (χ2v) is 5.59. The number of hydrogen-bond acceptors (Lipinski definition) is 5. The third-order valence-electron chi connectivity index (χ3n) is 3.35. The first-order valence-corrected chi connectivity index (χ1v) is 8.13. The lowest BCUT2D eigenvalue weighted by molar-refractivity contribution is -0.115. The average Bonchev–Trinajstić information content (AvgIpc) is 3.06. The standard InChI is InChI=1S/C18H16ClN3O3/c1-2-24-13-9-7-12(8-10-13)18-21-16(22-25-18)11-17(23)20-15-6-4-3-5-14(15)19/h3-10H,2,11H2,1H3,(H,20,23). The minimum atomic E-state index is -0.271. The van der Waals surface area contributed by atoms with Crippen LogP contribution in [0.1, 0.15) is 12.7 Å². The number of halogens is 1. The molecule has 0 radical (unpaired) electrons. The van der Waals surface area contributed by atoms with Crippen molar-refractivity contribution in [1.29, 1.82) is 0 Å². The number of ether oxygens (including phenoxy) is 1. The van der Waals surface area contributed by atoms with Crippen LogP contribution < -0.4 is 10.1 Å². The highest BCUT2D eigenvalue weighted by molar-refractivity contribution is 6.33. The SMILES string of the molecule is CCOc1ccc(-c2nc(CC(=O)Nc3ccccc3Cl)no2)cc1. The first-order valence-electron chi connectivity index (χ1n) is 7.76. The van der Waals surface area contributed by atoms with Crippen LogP contribution in [0.2, 0.25) is 5.02 Å². The number of para-hydroxylation sites is 1. The fourth-order valence-corrected chi connectivity index (χ4v) is 2.39. The second-order valence-electron chi connectivity index (χ2n) is 5.18. The number of nitrogens with zero attached hydrogens (tertiary/aromatic N) is 2. The first kappa shape index (κ1) is 17.0. The van der Waals surface area contributed by atoms with Gasteiger partial charge in [-0.3, -0.25) is 4.79 Å². The van der Waals surface area contributed by atoms with Crippen molar-refractivity contribution in [2.45, 2.75) is 13.3 Å². The number of anilines is 1. The number of amides is 1. The van der Waals surface area contributed by atoms with Crippen molar-refractivity contribution >= 4 is 23.2 Å². The minimum absolute atomic E-state index is 0.00818. The molecular formula is C18H16ClN3O3. The Morgan fingerprint density at radius 3 is 2.68 bits per heavy atom. The van der Waals surface area contributed by atoms with Gasteiger partial charge in [0.15, 0.2) is 5.82 Å². The molecular weight excluding hydrogens is 342 g/mol. The van der Waals surface area contributed by atoms with Crippen molar-refractivity contribution in [2.75, 3.05) is 11.9 Å². The fourth-order valence-electron chi connectivity index (χ4n) is 2.20. The van der Waals surface area contributed by atoms with E-state index in [0.717, 1.165) is 11.3 Å². The van der Waals surface area contributed by atoms with Crippen molar-refractivity contribution < 1.29 is 14.1 Å². The van der Waals surface area contributed by atoms with Crippen LogP contribution in [0.3, 0.4) is 0 Å². The van der Waals surface area contributed by atoms with Crippen LogP contribution in [0, 0.1) is 0 Å². The summed E-state index contributed by atoms with van der Waals surface area (Å²) < 4.78 is 10.6. The van der Waals surface area contributed by atoms with Crippen LogP contribution in [-0.4, -0.2) is 22.7 Å². The lowest BCUT2D eigenvalue weighted by Crippen LogP contribution is -2.15. The van der Waals surface area contributed by atoms with E-state index in [1.54, 1.807) is 24.3 Å². The number of hydrogen-bond donors (Lipinski definition) is 1. The second kappa shape index (κ2) is 7.81. The van der Waals surface area contributed by atoms with E-state index in [0.29, 0.717) is 29.0 Å². The van der Waals surface area contributed by atoms with E-state index in [-0.39, 0.29) is 12.3 Å². The summed E-state index contributed by atoms with van der Waals surface area (Å²) in [5.41, 5.74) is 1.30.